The normalized spacial score (nSPS) is 18.8. The number of likely N-dealkylation sites (N-methyl/N-ethyl adjacent to an activating group) is 1. The van der Waals surface area contributed by atoms with Crippen LogP contribution in [0.3, 0.4) is 0 Å². The predicted molar refractivity (Wildman–Crippen MR) is 74.9 cm³/mol. The molecule has 0 unspecified atom stereocenters. The zero-order valence-electron chi connectivity index (χ0n) is 11.2. The number of aromatic hydroxyl groups is 1. The van der Waals surface area contributed by atoms with Crippen molar-refractivity contribution < 1.29 is 5.11 Å². The lowest BCUT2D eigenvalue weighted by Gasteiger charge is -2.41. The lowest BCUT2D eigenvalue weighted by atomic mass is 9.84. The van der Waals surface area contributed by atoms with E-state index in [0.29, 0.717) is 5.75 Å². The maximum atomic E-state index is 9.93. The average molecular weight is 241 g/mol. The van der Waals surface area contributed by atoms with Gasteiger partial charge in [0.05, 0.1) is 0 Å². The molecule has 0 fully saturated rings. The molecule has 0 aromatic heterocycles. The number of benzene rings is 2. The Balaban J connectivity index is 2.20. The quantitative estimate of drug-likeness (QED) is 0.765. The number of nitrogens with zero attached hydrogens (tertiary/aromatic N) is 1. The van der Waals surface area contributed by atoms with Gasteiger partial charge in [0, 0.05) is 17.5 Å². The molecule has 2 aromatic rings. The van der Waals surface area contributed by atoms with Crippen LogP contribution in [-0.4, -0.2) is 22.6 Å². The summed E-state index contributed by atoms with van der Waals surface area (Å²) in [5, 5.41) is 12.0. The average Bonchev–Trinajstić information content (AvgIpc) is 2.29. The second kappa shape index (κ2) is 3.72. The number of fused-ring (bicyclic) bond motifs is 2. The van der Waals surface area contributed by atoms with Gasteiger partial charge in [0.2, 0.25) is 0 Å². The Morgan fingerprint density at radius 3 is 2.72 bits per heavy atom. The molecule has 0 radical (unpaired) electrons. The van der Waals surface area contributed by atoms with Crippen LogP contribution in [-0.2, 0) is 13.0 Å². The topological polar surface area (TPSA) is 23.5 Å². The molecular formula is C16H19NO. The van der Waals surface area contributed by atoms with Gasteiger partial charge in [0.15, 0.2) is 0 Å². The van der Waals surface area contributed by atoms with E-state index in [1.807, 2.05) is 6.07 Å². The van der Waals surface area contributed by atoms with Crippen LogP contribution in [0.1, 0.15) is 25.0 Å². The van der Waals surface area contributed by atoms with Crippen molar-refractivity contribution in [2.75, 3.05) is 7.05 Å². The predicted octanol–water partition coefficient (Wildman–Crippen LogP) is 3.31. The molecule has 3 rings (SSSR count). The Bertz CT molecular complexity index is 616. The molecule has 1 N–H and O–H groups in total. The minimum atomic E-state index is 0.206. The first-order valence-corrected chi connectivity index (χ1v) is 6.42. The summed E-state index contributed by atoms with van der Waals surface area (Å²) in [6, 6.07) is 10.1. The number of phenols is 1. The van der Waals surface area contributed by atoms with Crippen LogP contribution in [0, 0.1) is 0 Å². The molecule has 94 valence electrons. The number of phenolic OH excluding ortho intramolecular Hbond substituents is 1. The Morgan fingerprint density at radius 2 is 1.94 bits per heavy atom. The van der Waals surface area contributed by atoms with E-state index in [4.69, 9.17) is 0 Å². The smallest absolute Gasteiger partial charge is 0.123 e. The fraction of sp³-hybridized carbons (Fsp3) is 0.375. The van der Waals surface area contributed by atoms with E-state index in [-0.39, 0.29) is 5.54 Å². The fourth-order valence-electron chi connectivity index (χ4n) is 2.78. The van der Waals surface area contributed by atoms with Crippen LogP contribution in [0.4, 0.5) is 0 Å². The molecule has 0 spiro atoms. The zero-order valence-corrected chi connectivity index (χ0v) is 11.2. The molecule has 1 heterocycles. The van der Waals surface area contributed by atoms with Gasteiger partial charge < -0.3 is 5.11 Å². The highest BCUT2D eigenvalue weighted by molar-refractivity contribution is 5.89. The summed E-state index contributed by atoms with van der Waals surface area (Å²) in [6.07, 6.45) is 1.06. The molecule has 0 aliphatic carbocycles. The maximum absolute atomic E-state index is 9.93. The Morgan fingerprint density at radius 1 is 1.17 bits per heavy atom. The first-order valence-electron chi connectivity index (χ1n) is 6.42. The van der Waals surface area contributed by atoms with E-state index in [1.54, 1.807) is 6.07 Å². The second-order valence-electron chi connectivity index (χ2n) is 5.96. The van der Waals surface area contributed by atoms with Crippen LogP contribution in [0.2, 0.25) is 0 Å². The first kappa shape index (κ1) is 11.5. The second-order valence-corrected chi connectivity index (χ2v) is 5.96. The van der Waals surface area contributed by atoms with Crippen molar-refractivity contribution >= 4 is 10.8 Å². The summed E-state index contributed by atoms with van der Waals surface area (Å²) in [5.74, 6) is 0.378. The molecular weight excluding hydrogens is 222 g/mol. The zero-order chi connectivity index (χ0) is 12.9. The van der Waals surface area contributed by atoms with Crippen LogP contribution in [0.5, 0.6) is 5.75 Å². The van der Waals surface area contributed by atoms with E-state index in [0.717, 1.165) is 23.7 Å². The lowest BCUT2D eigenvalue weighted by Crippen LogP contribution is -2.45. The molecule has 0 saturated carbocycles. The van der Waals surface area contributed by atoms with Gasteiger partial charge in [-0.1, -0.05) is 18.2 Å². The standard InChI is InChI=1S/C16H19NO/c1-16(2)9-12-7-11-5-4-6-15(18)14(11)8-13(12)10-17(16)3/h4-8,18H,9-10H2,1-3H3. The SMILES string of the molecule is CN1Cc2cc3c(O)cccc3cc2CC1(C)C. The van der Waals surface area contributed by atoms with Crippen LogP contribution in [0.15, 0.2) is 30.3 Å². The highest BCUT2D eigenvalue weighted by Crippen LogP contribution is 2.34. The Labute approximate surface area is 108 Å². The minimum Gasteiger partial charge on any atom is -0.507 e. The number of hydrogen-bond acceptors (Lipinski definition) is 2. The fourth-order valence-corrected chi connectivity index (χ4v) is 2.78. The molecule has 18 heavy (non-hydrogen) atoms. The van der Waals surface area contributed by atoms with Gasteiger partial charge in [0.1, 0.15) is 5.75 Å². The summed E-state index contributed by atoms with van der Waals surface area (Å²) in [7, 11) is 2.16. The Hall–Kier alpha value is -1.54. The van der Waals surface area contributed by atoms with Crippen LogP contribution in [0.25, 0.3) is 10.8 Å². The molecule has 2 heteroatoms. The third-order valence-corrected chi connectivity index (χ3v) is 4.24. The van der Waals surface area contributed by atoms with Crippen molar-refractivity contribution in [2.45, 2.75) is 32.4 Å². The molecule has 0 saturated heterocycles. The van der Waals surface area contributed by atoms with Gasteiger partial charge in [-0.25, -0.2) is 0 Å². The van der Waals surface area contributed by atoms with Crippen molar-refractivity contribution in [3.63, 3.8) is 0 Å². The molecule has 2 aromatic carbocycles. The van der Waals surface area contributed by atoms with Crippen molar-refractivity contribution in [3.05, 3.63) is 41.5 Å². The monoisotopic (exact) mass is 241 g/mol. The maximum Gasteiger partial charge on any atom is 0.123 e. The van der Waals surface area contributed by atoms with Crippen molar-refractivity contribution in [1.29, 1.82) is 0 Å². The minimum absolute atomic E-state index is 0.206. The summed E-state index contributed by atoms with van der Waals surface area (Å²) >= 11 is 0. The van der Waals surface area contributed by atoms with Crippen LogP contribution < -0.4 is 0 Å². The van der Waals surface area contributed by atoms with E-state index in [9.17, 15) is 5.11 Å². The molecule has 1 aliphatic rings. The van der Waals surface area contributed by atoms with E-state index < -0.39 is 0 Å². The van der Waals surface area contributed by atoms with Gasteiger partial charge in [0.25, 0.3) is 0 Å². The van der Waals surface area contributed by atoms with Gasteiger partial charge in [-0.05, 0) is 56.0 Å². The van der Waals surface area contributed by atoms with Crippen molar-refractivity contribution in [3.8, 4) is 5.75 Å². The van der Waals surface area contributed by atoms with Gasteiger partial charge in [-0.3, -0.25) is 4.90 Å². The Kier molecular flexibility index (Phi) is 2.39. The summed E-state index contributed by atoms with van der Waals surface area (Å²) < 4.78 is 0. The summed E-state index contributed by atoms with van der Waals surface area (Å²) in [4.78, 5) is 2.38. The number of hydrogen-bond donors (Lipinski definition) is 1. The first-order chi connectivity index (χ1) is 8.47. The molecule has 2 nitrogen and oxygen atoms in total. The highest BCUT2D eigenvalue weighted by Gasteiger charge is 2.30. The van der Waals surface area contributed by atoms with E-state index in [2.05, 4.69) is 44.0 Å². The lowest BCUT2D eigenvalue weighted by molar-refractivity contribution is 0.133. The molecule has 0 atom stereocenters. The summed E-state index contributed by atoms with van der Waals surface area (Å²) in [6.45, 7) is 5.51. The van der Waals surface area contributed by atoms with E-state index in [1.165, 1.54) is 11.1 Å². The third-order valence-electron chi connectivity index (χ3n) is 4.24. The van der Waals surface area contributed by atoms with Gasteiger partial charge >= 0.3 is 0 Å². The third kappa shape index (κ3) is 1.68. The summed E-state index contributed by atoms with van der Waals surface area (Å²) in [5.41, 5.74) is 2.96. The molecule has 0 amide bonds. The van der Waals surface area contributed by atoms with Crippen molar-refractivity contribution in [2.24, 2.45) is 0 Å². The largest absolute Gasteiger partial charge is 0.507 e. The molecule has 0 bridgehead atoms. The number of rotatable bonds is 0. The van der Waals surface area contributed by atoms with Gasteiger partial charge in [-0.15, -0.1) is 0 Å². The van der Waals surface area contributed by atoms with E-state index >= 15 is 0 Å². The van der Waals surface area contributed by atoms with Gasteiger partial charge in [-0.2, -0.15) is 0 Å². The van der Waals surface area contributed by atoms with Crippen LogP contribution >= 0.6 is 0 Å². The van der Waals surface area contributed by atoms with Crippen molar-refractivity contribution in [1.82, 2.24) is 4.90 Å². The highest BCUT2D eigenvalue weighted by atomic mass is 16.3. The molecule has 1 aliphatic heterocycles.